The maximum Gasteiger partial charge on any atom is 0.223 e. The van der Waals surface area contributed by atoms with Crippen molar-refractivity contribution in [3.8, 4) is 0 Å². The molecule has 1 unspecified atom stereocenters. The number of hydrogen-bond donors (Lipinski definition) is 1. The van der Waals surface area contributed by atoms with Crippen LogP contribution in [0.5, 0.6) is 0 Å². The van der Waals surface area contributed by atoms with Gasteiger partial charge in [-0.2, -0.15) is 4.98 Å². The van der Waals surface area contributed by atoms with Crippen molar-refractivity contribution in [1.82, 2.24) is 19.4 Å². The molecular formula is C21H29ClN6OSi. The first-order valence-electron chi connectivity index (χ1n) is 10.2. The summed E-state index contributed by atoms with van der Waals surface area (Å²) >= 11 is 6.53. The van der Waals surface area contributed by atoms with E-state index in [2.05, 4.69) is 64.2 Å². The summed E-state index contributed by atoms with van der Waals surface area (Å²) in [5.41, 5.74) is 8.91. The van der Waals surface area contributed by atoms with Gasteiger partial charge in [0.25, 0.3) is 0 Å². The molecule has 2 N–H and O–H groups in total. The second-order valence-corrected chi connectivity index (χ2v) is 14.6. The zero-order valence-electron chi connectivity index (χ0n) is 18.2. The predicted molar refractivity (Wildman–Crippen MR) is 124 cm³/mol. The maximum absolute atomic E-state index is 6.53. The summed E-state index contributed by atoms with van der Waals surface area (Å²) in [5.74, 6) is 1.06. The van der Waals surface area contributed by atoms with E-state index in [4.69, 9.17) is 21.8 Å². The van der Waals surface area contributed by atoms with Gasteiger partial charge in [0.05, 0.1) is 17.8 Å². The molecule has 0 fully saturated rings. The minimum atomic E-state index is -1.89. The van der Waals surface area contributed by atoms with Crippen LogP contribution >= 0.6 is 11.6 Å². The Labute approximate surface area is 183 Å². The summed E-state index contributed by atoms with van der Waals surface area (Å²) in [4.78, 5) is 15.5. The van der Waals surface area contributed by atoms with E-state index in [0.29, 0.717) is 18.3 Å². The second kappa shape index (κ2) is 7.51. The summed E-state index contributed by atoms with van der Waals surface area (Å²) in [6.45, 7) is 13.2. The third-order valence-corrected chi connectivity index (χ3v) is 11.2. The molecule has 0 amide bonds. The van der Waals surface area contributed by atoms with Crippen molar-refractivity contribution in [3.63, 3.8) is 0 Å². The van der Waals surface area contributed by atoms with Gasteiger partial charge in [-0.05, 0) is 30.3 Å². The number of anilines is 2. The quantitative estimate of drug-likeness (QED) is 0.461. The van der Waals surface area contributed by atoms with Crippen LogP contribution in [0, 0.1) is 0 Å². The first kappa shape index (κ1) is 21.1. The number of halogens is 1. The Morgan fingerprint density at radius 3 is 2.77 bits per heavy atom. The molecule has 0 bridgehead atoms. The zero-order chi connectivity index (χ0) is 21.7. The van der Waals surface area contributed by atoms with Gasteiger partial charge in [0.15, 0.2) is 8.32 Å². The van der Waals surface area contributed by atoms with E-state index < -0.39 is 8.32 Å². The number of nitrogens with zero attached hydrogens (tertiary/aromatic N) is 5. The second-order valence-electron chi connectivity index (χ2n) is 9.43. The molecule has 7 nitrogen and oxygen atoms in total. The molecule has 4 rings (SSSR count). The number of nitrogens with two attached hydrogens (primary N) is 1. The number of hydrogen-bond acceptors (Lipinski definition) is 6. The largest absolute Gasteiger partial charge is 0.416 e. The van der Waals surface area contributed by atoms with E-state index in [1.54, 1.807) is 0 Å². The van der Waals surface area contributed by atoms with E-state index in [1.807, 2.05) is 24.7 Å². The third kappa shape index (κ3) is 3.79. The Morgan fingerprint density at radius 1 is 1.27 bits per heavy atom. The summed E-state index contributed by atoms with van der Waals surface area (Å²) in [6, 6.07) is 4.09. The molecule has 9 heteroatoms. The molecule has 3 aromatic heterocycles. The van der Waals surface area contributed by atoms with Gasteiger partial charge in [-0.3, -0.25) is 4.98 Å². The van der Waals surface area contributed by atoms with E-state index in [-0.39, 0.29) is 16.9 Å². The summed E-state index contributed by atoms with van der Waals surface area (Å²) < 4.78 is 8.59. The van der Waals surface area contributed by atoms with Crippen molar-refractivity contribution >= 4 is 37.2 Å². The monoisotopic (exact) mass is 444 g/mol. The van der Waals surface area contributed by atoms with Crippen LogP contribution < -0.4 is 10.6 Å². The van der Waals surface area contributed by atoms with Crippen molar-refractivity contribution in [2.24, 2.45) is 0 Å². The Bertz CT molecular complexity index is 1080. The first-order chi connectivity index (χ1) is 14.1. The Balaban J connectivity index is 1.64. The van der Waals surface area contributed by atoms with E-state index in [9.17, 15) is 0 Å². The van der Waals surface area contributed by atoms with Crippen LogP contribution in [0.3, 0.4) is 0 Å². The van der Waals surface area contributed by atoms with Gasteiger partial charge in [0, 0.05) is 43.2 Å². The Morgan fingerprint density at radius 2 is 2.03 bits per heavy atom. The van der Waals surface area contributed by atoms with Crippen LogP contribution in [0.15, 0.2) is 30.7 Å². The number of aromatic nitrogens is 4. The van der Waals surface area contributed by atoms with Gasteiger partial charge in [0.2, 0.25) is 5.95 Å². The van der Waals surface area contributed by atoms with Crippen molar-refractivity contribution < 1.29 is 4.43 Å². The van der Waals surface area contributed by atoms with Gasteiger partial charge in [-0.25, -0.2) is 4.98 Å². The summed E-state index contributed by atoms with van der Waals surface area (Å²) in [5, 5.41) is 0.557. The van der Waals surface area contributed by atoms with Crippen LogP contribution in [0.2, 0.25) is 23.3 Å². The minimum absolute atomic E-state index is 0.0914. The fourth-order valence-electron chi connectivity index (χ4n) is 3.62. The highest BCUT2D eigenvalue weighted by Crippen LogP contribution is 2.42. The standard InChI is InChI=1S/C21H29ClN6OSi/c1-21(2,3)30(4,5)29-13-14-11-28(19-17(14)18(22)25-20(23)26-19)12-15-16-7-6-9-27(16)10-8-24-15/h6-10,14H,11-13H2,1-5H3,(H2,23,25,26). The number of rotatable bonds is 5. The normalized spacial score (nSPS) is 17.0. The lowest BCUT2D eigenvalue weighted by molar-refractivity contribution is 0.267. The van der Waals surface area contributed by atoms with Gasteiger partial charge < -0.3 is 19.5 Å². The van der Waals surface area contributed by atoms with Gasteiger partial charge in [-0.15, -0.1) is 0 Å². The highest BCUT2D eigenvalue weighted by molar-refractivity contribution is 6.74. The third-order valence-electron chi connectivity index (χ3n) is 6.37. The highest BCUT2D eigenvalue weighted by Gasteiger charge is 2.40. The summed E-state index contributed by atoms with van der Waals surface area (Å²) in [6.07, 6.45) is 5.79. The lowest BCUT2D eigenvalue weighted by atomic mass is 10.1. The minimum Gasteiger partial charge on any atom is -0.416 e. The van der Waals surface area contributed by atoms with Gasteiger partial charge in [-0.1, -0.05) is 32.4 Å². The molecule has 1 aliphatic heterocycles. The van der Waals surface area contributed by atoms with E-state index in [0.717, 1.165) is 29.1 Å². The fourth-order valence-corrected chi connectivity index (χ4v) is 4.99. The SMILES string of the molecule is CC(C)(C)[Si](C)(C)OCC1CN(Cc2nccn3cccc23)c2nc(N)nc(Cl)c21. The number of fused-ring (bicyclic) bond motifs is 2. The fraction of sp³-hybridized carbons (Fsp3) is 0.476. The van der Waals surface area contributed by atoms with Crippen LogP contribution in [-0.2, 0) is 11.0 Å². The lowest BCUT2D eigenvalue weighted by Gasteiger charge is -2.37. The van der Waals surface area contributed by atoms with Crippen LogP contribution in [-0.4, -0.2) is 40.8 Å². The molecule has 4 heterocycles. The highest BCUT2D eigenvalue weighted by atomic mass is 35.5. The van der Waals surface area contributed by atoms with Crippen molar-refractivity contribution in [1.29, 1.82) is 0 Å². The maximum atomic E-state index is 6.53. The molecular weight excluding hydrogens is 416 g/mol. The molecule has 30 heavy (non-hydrogen) atoms. The molecule has 160 valence electrons. The summed E-state index contributed by atoms with van der Waals surface area (Å²) in [7, 11) is -1.89. The molecule has 0 radical (unpaired) electrons. The molecule has 0 aliphatic carbocycles. The molecule has 0 saturated heterocycles. The molecule has 1 atom stereocenters. The Kier molecular flexibility index (Phi) is 5.28. The van der Waals surface area contributed by atoms with Gasteiger partial charge in [0.1, 0.15) is 11.0 Å². The molecule has 0 spiro atoms. The Hall–Kier alpha value is -2.16. The van der Waals surface area contributed by atoms with Crippen LogP contribution in [0.4, 0.5) is 11.8 Å². The smallest absolute Gasteiger partial charge is 0.223 e. The van der Waals surface area contributed by atoms with Gasteiger partial charge >= 0.3 is 0 Å². The molecule has 1 aliphatic rings. The average Bonchev–Trinajstić information content (AvgIpc) is 3.25. The van der Waals surface area contributed by atoms with Crippen molar-refractivity contribution in [2.75, 3.05) is 23.8 Å². The van der Waals surface area contributed by atoms with Crippen LogP contribution in [0.25, 0.3) is 5.52 Å². The topological polar surface area (TPSA) is 81.6 Å². The number of nitrogen functional groups attached to an aromatic ring is 1. The zero-order valence-corrected chi connectivity index (χ0v) is 19.9. The van der Waals surface area contributed by atoms with Crippen molar-refractivity contribution in [2.45, 2.75) is 51.4 Å². The van der Waals surface area contributed by atoms with E-state index in [1.165, 1.54) is 0 Å². The van der Waals surface area contributed by atoms with Crippen LogP contribution in [0.1, 0.15) is 37.9 Å². The van der Waals surface area contributed by atoms with Crippen molar-refractivity contribution in [3.05, 3.63) is 47.1 Å². The predicted octanol–water partition coefficient (Wildman–Crippen LogP) is 4.49. The molecule has 0 aromatic carbocycles. The lowest BCUT2D eigenvalue weighted by Crippen LogP contribution is -2.42. The average molecular weight is 445 g/mol. The molecule has 0 saturated carbocycles. The molecule has 3 aromatic rings. The first-order valence-corrected chi connectivity index (χ1v) is 13.5. The van der Waals surface area contributed by atoms with E-state index >= 15 is 0 Å².